The normalized spacial score (nSPS) is 12.5. The summed E-state index contributed by atoms with van der Waals surface area (Å²) in [4.78, 5) is 29.4. The monoisotopic (exact) mass is 485 g/mol. The summed E-state index contributed by atoms with van der Waals surface area (Å²) in [5.74, 6) is -1.35. The van der Waals surface area contributed by atoms with E-state index < -0.39 is 17.9 Å². The molecule has 0 spiro atoms. The van der Waals surface area contributed by atoms with Gasteiger partial charge < -0.3 is 21.3 Å². The van der Waals surface area contributed by atoms with Crippen molar-refractivity contribution in [1.82, 2.24) is 9.80 Å². The minimum absolute atomic E-state index is 0.0420. The van der Waals surface area contributed by atoms with E-state index in [4.69, 9.17) is 16.9 Å². The maximum Gasteiger partial charge on any atom is 0.240 e. The summed E-state index contributed by atoms with van der Waals surface area (Å²) < 4.78 is 0. The Kier molecular flexibility index (Phi) is 9.22. The molecule has 0 heterocycles. The van der Waals surface area contributed by atoms with Gasteiger partial charge >= 0.3 is 0 Å². The molecule has 0 aromatic heterocycles. The summed E-state index contributed by atoms with van der Waals surface area (Å²) in [6.07, 6.45) is 0.891. The maximum absolute atomic E-state index is 13.7. The highest BCUT2D eigenvalue weighted by atomic mass is 16.2. The molecule has 3 rings (SSSR count). The zero-order valence-electron chi connectivity index (χ0n) is 20.9. The molecular weight excluding hydrogens is 450 g/mol. The number of nitrogens with two attached hydrogens (primary N) is 2. The maximum atomic E-state index is 13.7. The van der Waals surface area contributed by atoms with Crippen LogP contribution in [0.4, 0.5) is 0 Å². The van der Waals surface area contributed by atoms with Gasteiger partial charge in [0.2, 0.25) is 11.8 Å². The van der Waals surface area contributed by atoms with Crippen LogP contribution in [0.2, 0.25) is 0 Å². The molecule has 0 saturated heterocycles. The van der Waals surface area contributed by atoms with Crippen molar-refractivity contribution < 1.29 is 9.59 Å². The molecule has 0 bridgehead atoms. The Morgan fingerprint density at radius 3 is 1.67 bits per heavy atom. The molecular formula is C29H35N5O2. The van der Waals surface area contributed by atoms with Crippen LogP contribution in [0.5, 0.6) is 0 Å². The Balaban J connectivity index is 1.75. The first kappa shape index (κ1) is 26.5. The Labute approximate surface area is 213 Å². The average molecular weight is 486 g/mol. The third kappa shape index (κ3) is 6.50. The van der Waals surface area contributed by atoms with Crippen LogP contribution >= 0.6 is 0 Å². The lowest BCUT2D eigenvalue weighted by atomic mass is 9.89. The smallest absolute Gasteiger partial charge is 0.240 e. The van der Waals surface area contributed by atoms with Crippen molar-refractivity contribution in [2.75, 3.05) is 13.6 Å². The lowest BCUT2D eigenvalue weighted by Crippen LogP contribution is -2.48. The largest absolute Gasteiger partial charge is 0.370 e. The minimum Gasteiger partial charge on any atom is -0.370 e. The van der Waals surface area contributed by atoms with Gasteiger partial charge in [-0.25, -0.2) is 0 Å². The highest BCUT2D eigenvalue weighted by Gasteiger charge is 2.32. The van der Waals surface area contributed by atoms with Crippen LogP contribution in [0.1, 0.15) is 48.4 Å². The van der Waals surface area contributed by atoms with Crippen LogP contribution in [-0.2, 0) is 9.59 Å². The minimum atomic E-state index is -0.784. The first-order valence-electron chi connectivity index (χ1n) is 12.1. The van der Waals surface area contributed by atoms with Gasteiger partial charge in [0.05, 0.1) is 12.0 Å². The van der Waals surface area contributed by atoms with Crippen molar-refractivity contribution in [1.29, 1.82) is 5.41 Å². The van der Waals surface area contributed by atoms with E-state index in [1.165, 1.54) is 4.90 Å². The summed E-state index contributed by atoms with van der Waals surface area (Å²) in [5.41, 5.74) is 14.4. The number of hydrogen-bond donors (Lipinski definition) is 3. The predicted molar refractivity (Wildman–Crippen MR) is 143 cm³/mol. The van der Waals surface area contributed by atoms with Gasteiger partial charge in [0.25, 0.3) is 0 Å². The van der Waals surface area contributed by atoms with Crippen molar-refractivity contribution in [2.24, 2.45) is 11.5 Å². The summed E-state index contributed by atoms with van der Waals surface area (Å²) in [5, 5.41) is 8.05. The Morgan fingerprint density at radius 1 is 0.806 bits per heavy atom. The number of hydrogen-bond acceptors (Lipinski definition) is 3. The van der Waals surface area contributed by atoms with Crippen molar-refractivity contribution in [3.8, 4) is 0 Å². The summed E-state index contributed by atoms with van der Waals surface area (Å²) in [6.45, 7) is 2.44. The third-order valence-electron chi connectivity index (χ3n) is 6.59. The Morgan fingerprint density at radius 2 is 1.25 bits per heavy atom. The van der Waals surface area contributed by atoms with Crippen LogP contribution in [-0.4, -0.2) is 47.2 Å². The van der Waals surface area contributed by atoms with Gasteiger partial charge in [-0.2, -0.15) is 0 Å². The first-order chi connectivity index (χ1) is 17.3. The summed E-state index contributed by atoms with van der Waals surface area (Å²) in [7, 11) is 1.63. The fraction of sp³-hybridized carbons (Fsp3) is 0.276. The van der Waals surface area contributed by atoms with Crippen LogP contribution in [0.15, 0.2) is 91.0 Å². The number of rotatable bonds is 11. The van der Waals surface area contributed by atoms with Crippen molar-refractivity contribution >= 4 is 17.8 Å². The summed E-state index contributed by atoms with van der Waals surface area (Å²) in [6, 6.07) is 28.0. The molecule has 2 atom stereocenters. The number of likely N-dealkylation sites (N-methyl/N-ethyl adjacent to an activating group) is 1. The topological polar surface area (TPSA) is 117 Å². The van der Waals surface area contributed by atoms with Crippen LogP contribution in [0.25, 0.3) is 0 Å². The zero-order valence-corrected chi connectivity index (χ0v) is 20.9. The van der Waals surface area contributed by atoms with E-state index in [1.807, 2.05) is 97.9 Å². The van der Waals surface area contributed by atoms with E-state index in [2.05, 4.69) is 0 Å². The molecule has 0 saturated carbocycles. The highest BCUT2D eigenvalue weighted by Crippen LogP contribution is 2.28. The van der Waals surface area contributed by atoms with Gasteiger partial charge in [0.15, 0.2) is 5.96 Å². The molecule has 0 radical (unpaired) electrons. The molecule has 0 aliphatic carbocycles. The fourth-order valence-corrected chi connectivity index (χ4v) is 4.54. The number of carbonyl (C=O) groups excluding carboxylic acids is 2. The molecule has 0 aliphatic heterocycles. The number of nitrogens with one attached hydrogen (secondary N) is 1. The second kappa shape index (κ2) is 12.5. The molecule has 1 unspecified atom stereocenters. The highest BCUT2D eigenvalue weighted by molar-refractivity contribution is 5.91. The van der Waals surface area contributed by atoms with Gasteiger partial charge in [-0.05, 0) is 36.5 Å². The number of primary amides is 1. The Bertz CT molecular complexity index is 1100. The molecule has 7 heteroatoms. The molecule has 188 valence electrons. The van der Waals surface area contributed by atoms with Gasteiger partial charge in [-0.1, -0.05) is 91.0 Å². The van der Waals surface area contributed by atoms with Crippen molar-refractivity contribution in [3.63, 3.8) is 0 Å². The van der Waals surface area contributed by atoms with Gasteiger partial charge in [0, 0.05) is 13.6 Å². The molecule has 5 N–H and O–H groups in total. The van der Waals surface area contributed by atoms with Crippen LogP contribution in [0, 0.1) is 5.41 Å². The summed E-state index contributed by atoms with van der Waals surface area (Å²) >= 11 is 0. The van der Waals surface area contributed by atoms with E-state index >= 15 is 0 Å². The molecule has 0 fully saturated rings. The van der Waals surface area contributed by atoms with Gasteiger partial charge in [-0.3, -0.25) is 15.0 Å². The Hall–Kier alpha value is -4.13. The first-order valence-corrected chi connectivity index (χ1v) is 12.1. The van der Waals surface area contributed by atoms with Crippen LogP contribution in [0.3, 0.4) is 0 Å². The lowest BCUT2D eigenvalue weighted by Gasteiger charge is -2.32. The van der Waals surface area contributed by atoms with E-state index in [9.17, 15) is 9.59 Å². The van der Waals surface area contributed by atoms with E-state index in [0.29, 0.717) is 19.4 Å². The van der Waals surface area contributed by atoms with Crippen molar-refractivity contribution in [3.05, 3.63) is 108 Å². The molecule has 3 aromatic carbocycles. The molecule has 7 nitrogen and oxygen atoms in total. The molecule has 0 aliphatic rings. The van der Waals surface area contributed by atoms with Gasteiger partial charge in [0.1, 0.15) is 6.04 Å². The van der Waals surface area contributed by atoms with E-state index in [0.717, 1.165) is 16.7 Å². The number of guanidine groups is 1. The zero-order chi connectivity index (χ0) is 26.1. The molecule has 36 heavy (non-hydrogen) atoms. The molecule has 3 aromatic rings. The lowest BCUT2D eigenvalue weighted by molar-refractivity contribution is -0.138. The van der Waals surface area contributed by atoms with E-state index in [-0.39, 0.29) is 17.9 Å². The standard InChI is InChI=1S/C29H35N5O2/c1-21(22-13-6-3-7-14-22)34(29(31)32)20-12-19-25(27(30)35)33(2)28(36)26(23-15-8-4-9-16-23)24-17-10-5-11-18-24/h3-11,13-18,21,25-26H,12,19-20H2,1-2H3,(H2,30,35)(H3,31,32)/t21?,25-/m1/s1. The quantitative estimate of drug-likeness (QED) is 0.282. The number of benzene rings is 3. The predicted octanol–water partition coefficient (Wildman–Crippen LogP) is 3.87. The van der Waals surface area contributed by atoms with Gasteiger partial charge in [-0.15, -0.1) is 0 Å². The second-order valence-corrected chi connectivity index (χ2v) is 8.93. The second-order valence-electron chi connectivity index (χ2n) is 8.93. The number of amides is 2. The average Bonchev–Trinajstić information content (AvgIpc) is 2.89. The fourth-order valence-electron chi connectivity index (χ4n) is 4.54. The van der Waals surface area contributed by atoms with E-state index in [1.54, 1.807) is 11.9 Å². The number of nitrogens with zero attached hydrogens (tertiary/aromatic N) is 2. The molecule has 2 amide bonds. The number of carbonyl (C=O) groups is 2. The van der Waals surface area contributed by atoms with Crippen LogP contribution < -0.4 is 11.5 Å². The van der Waals surface area contributed by atoms with Crippen molar-refractivity contribution in [2.45, 2.75) is 37.8 Å². The SMILES string of the molecule is CC(c1ccccc1)N(CCC[C@H](C(N)=O)N(C)C(=O)C(c1ccccc1)c1ccccc1)C(=N)N. The third-order valence-corrected chi connectivity index (χ3v) is 6.59.